The second kappa shape index (κ2) is 7.58. The van der Waals surface area contributed by atoms with Gasteiger partial charge in [0, 0.05) is 31.4 Å². The molecule has 2 aromatic carbocycles. The highest BCUT2D eigenvalue weighted by molar-refractivity contribution is 5.99. The number of carbonyl (C=O) groups excluding carboxylic acids is 1. The van der Waals surface area contributed by atoms with E-state index < -0.39 is 5.82 Å². The number of benzene rings is 2. The Kier molecular flexibility index (Phi) is 5.26. The number of ketones is 1. The van der Waals surface area contributed by atoms with Crippen molar-refractivity contribution in [2.75, 3.05) is 18.4 Å². The molecular formula is C20H23FN2O. The summed E-state index contributed by atoms with van der Waals surface area (Å²) in [7, 11) is 0. The Bertz CT molecular complexity index is 694. The Morgan fingerprint density at radius 2 is 1.83 bits per heavy atom. The van der Waals surface area contributed by atoms with Crippen molar-refractivity contribution in [1.29, 1.82) is 0 Å². The van der Waals surface area contributed by atoms with E-state index in [1.807, 2.05) is 6.07 Å². The number of carbonyl (C=O) groups is 1. The van der Waals surface area contributed by atoms with Crippen LogP contribution in [0.15, 0.2) is 48.5 Å². The summed E-state index contributed by atoms with van der Waals surface area (Å²) in [4.78, 5) is 14.1. The number of piperidine rings is 1. The van der Waals surface area contributed by atoms with Crippen LogP contribution in [-0.2, 0) is 6.54 Å². The molecular weight excluding hydrogens is 303 g/mol. The molecule has 0 spiro atoms. The molecule has 126 valence electrons. The highest BCUT2D eigenvalue weighted by Crippen LogP contribution is 2.23. The van der Waals surface area contributed by atoms with Crippen LogP contribution in [0.4, 0.5) is 10.1 Å². The molecule has 0 atom stereocenters. The lowest BCUT2D eigenvalue weighted by molar-refractivity contribution is 0.101. The van der Waals surface area contributed by atoms with E-state index in [0.29, 0.717) is 5.69 Å². The number of nitrogens with one attached hydrogen (secondary N) is 1. The first kappa shape index (κ1) is 16.7. The number of halogens is 1. The fourth-order valence-corrected chi connectivity index (χ4v) is 3.30. The quantitative estimate of drug-likeness (QED) is 0.840. The van der Waals surface area contributed by atoms with Gasteiger partial charge in [-0.1, -0.05) is 36.4 Å². The van der Waals surface area contributed by atoms with E-state index in [4.69, 9.17) is 0 Å². The van der Waals surface area contributed by atoms with Gasteiger partial charge in [0.05, 0.1) is 5.56 Å². The van der Waals surface area contributed by atoms with E-state index in [9.17, 15) is 9.18 Å². The number of anilines is 1. The minimum Gasteiger partial charge on any atom is -0.382 e. The van der Waals surface area contributed by atoms with Gasteiger partial charge in [-0.15, -0.1) is 0 Å². The van der Waals surface area contributed by atoms with E-state index in [2.05, 4.69) is 34.5 Å². The zero-order chi connectivity index (χ0) is 16.9. The third-order valence-electron chi connectivity index (χ3n) is 4.56. The normalized spacial score (nSPS) is 16.1. The summed E-state index contributed by atoms with van der Waals surface area (Å²) in [5.74, 6) is -0.689. The van der Waals surface area contributed by atoms with Crippen molar-refractivity contribution in [3.63, 3.8) is 0 Å². The second-order valence-corrected chi connectivity index (χ2v) is 6.40. The van der Waals surface area contributed by atoms with Crippen LogP contribution < -0.4 is 5.32 Å². The topological polar surface area (TPSA) is 32.3 Å². The Morgan fingerprint density at radius 3 is 2.50 bits per heavy atom. The van der Waals surface area contributed by atoms with Crippen molar-refractivity contribution in [2.45, 2.75) is 32.4 Å². The molecule has 0 radical (unpaired) electrons. The number of hydrogen-bond acceptors (Lipinski definition) is 3. The summed E-state index contributed by atoms with van der Waals surface area (Å²) in [6, 6.07) is 15.5. The van der Waals surface area contributed by atoms with Crippen LogP contribution in [0.25, 0.3) is 0 Å². The third-order valence-corrected chi connectivity index (χ3v) is 4.56. The molecule has 0 aromatic heterocycles. The zero-order valence-electron chi connectivity index (χ0n) is 14.0. The summed E-state index contributed by atoms with van der Waals surface area (Å²) in [5, 5.41) is 3.37. The molecule has 1 saturated heterocycles. The molecule has 2 aromatic rings. The number of rotatable bonds is 5. The van der Waals surface area contributed by atoms with E-state index in [1.54, 1.807) is 12.1 Å². The lowest BCUT2D eigenvalue weighted by Gasteiger charge is -2.33. The SMILES string of the molecule is CC(=O)c1c(F)cccc1NC1CCN(Cc2ccccc2)CC1. The van der Waals surface area contributed by atoms with Crippen LogP contribution in [0.1, 0.15) is 35.7 Å². The summed E-state index contributed by atoms with van der Waals surface area (Å²) in [5.41, 5.74) is 2.11. The summed E-state index contributed by atoms with van der Waals surface area (Å²) >= 11 is 0. The minimum atomic E-state index is -0.450. The van der Waals surface area contributed by atoms with Crippen LogP contribution in [0, 0.1) is 5.82 Å². The van der Waals surface area contributed by atoms with E-state index in [1.165, 1.54) is 18.6 Å². The monoisotopic (exact) mass is 326 g/mol. The molecule has 1 aliphatic rings. The first-order valence-corrected chi connectivity index (χ1v) is 8.46. The van der Waals surface area contributed by atoms with Crippen molar-refractivity contribution < 1.29 is 9.18 Å². The summed E-state index contributed by atoms with van der Waals surface area (Å²) in [6.45, 7) is 4.37. The van der Waals surface area contributed by atoms with Crippen LogP contribution in [-0.4, -0.2) is 29.8 Å². The number of likely N-dealkylation sites (tertiary alicyclic amines) is 1. The molecule has 4 heteroatoms. The molecule has 0 amide bonds. The zero-order valence-corrected chi connectivity index (χ0v) is 14.0. The molecule has 1 fully saturated rings. The van der Waals surface area contributed by atoms with Crippen molar-refractivity contribution >= 4 is 11.5 Å². The summed E-state index contributed by atoms with van der Waals surface area (Å²) in [6.07, 6.45) is 1.97. The maximum atomic E-state index is 13.9. The minimum absolute atomic E-state index is 0.171. The van der Waals surface area contributed by atoms with Gasteiger partial charge in [0.2, 0.25) is 0 Å². The predicted octanol–water partition coefficient (Wildman–Crippen LogP) is 4.10. The van der Waals surface area contributed by atoms with Crippen molar-refractivity contribution in [3.8, 4) is 0 Å². The van der Waals surface area contributed by atoms with Gasteiger partial charge in [0.15, 0.2) is 5.78 Å². The van der Waals surface area contributed by atoms with E-state index >= 15 is 0 Å². The lowest BCUT2D eigenvalue weighted by Crippen LogP contribution is -2.38. The molecule has 0 bridgehead atoms. The van der Waals surface area contributed by atoms with Crippen LogP contribution >= 0.6 is 0 Å². The predicted molar refractivity (Wildman–Crippen MR) is 94.8 cm³/mol. The highest BCUT2D eigenvalue weighted by atomic mass is 19.1. The van der Waals surface area contributed by atoms with Gasteiger partial charge in [0.25, 0.3) is 0 Å². The van der Waals surface area contributed by atoms with Gasteiger partial charge in [0.1, 0.15) is 5.82 Å². The van der Waals surface area contributed by atoms with Gasteiger partial charge in [-0.25, -0.2) is 4.39 Å². The van der Waals surface area contributed by atoms with Gasteiger partial charge >= 0.3 is 0 Å². The van der Waals surface area contributed by atoms with E-state index in [0.717, 1.165) is 32.5 Å². The van der Waals surface area contributed by atoms with Crippen molar-refractivity contribution in [1.82, 2.24) is 4.90 Å². The molecule has 1 N–H and O–H groups in total. The first-order chi connectivity index (χ1) is 11.6. The molecule has 0 saturated carbocycles. The van der Waals surface area contributed by atoms with Crippen molar-refractivity contribution in [2.24, 2.45) is 0 Å². The standard InChI is InChI=1S/C20H23FN2O/c1-15(24)20-18(21)8-5-9-19(20)22-17-10-12-23(13-11-17)14-16-6-3-2-4-7-16/h2-9,17,22H,10-14H2,1H3. The van der Waals surface area contributed by atoms with E-state index in [-0.39, 0.29) is 17.4 Å². The average Bonchev–Trinajstić information content (AvgIpc) is 2.57. The first-order valence-electron chi connectivity index (χ1n) is 8.46. The largest absolute Gasteiger partial charge is 0.382 e. The lowest BCUT2D eigenvalue weighted by atomic mass is 10.0. The Labute approximate surface area is 142 Å². The Morgan fingerprint density at radius 1 is 1.12 bits per heavy atom. The van der Waals surface area contributed by atoms with Crippen molar-refractivity contribution in [3.05, 3.63) is 65.5 Å². The summed E-state index contributed by atoms with van der Waals surface area (Å²) < 4.78 is 13.9. The van der Waals surface area contributed by atoms with Gasteiger partial charge in [-0.05, 0) is 37.5 Å². The molecule has 0 unspecified atom stereocenters. The number of Topliss-reactive ketones (excluding diaryl/α,β-unsaturated/α-hetero) is 1. The second-order valence-electron chi connectivity index (χ2n) is 6.40. The van der Waals surface area contributed by atoms with Gasteiger partial charge < -0.3 is 5.32 Å². The van der Waals surface area contributed by atoms with Crippen LogP contribution in [0.5, 0.6) is 0 Å². The van der Waals surface area contributed by atoms with Crippen LogP contribution in [0.3, 0.4) is 0 Å². The fourth-order valence-electron chi connectivity index (χ4n) is 3.30. The number of hydrogen-bond donors (Lipinski definition) is 1. The molecule has 3 nitrogen and oxygen atoms in total. The van der Waals surface area contributed by atoms with Gasteiger partial charge in [-0.2, -0.15) is 0 Å². The molecule has 3 rings (SSSR count). The Hall–Kier alpha value is -2.20. The Balaban J connectivity index is 1.58. The van der Waals surface area contributed by atoms with Gasteiger partial charge in [-0.3, -0.25) is 9.69 Å². The molecule has 0 aliphatic carbocycles. The average molecular weight is 326 g/mol. The highest BCUT2D eigenvalue weighted by Gasteiger charge is 2.21. The molecule has 1 heterocycles. The molecule has 1 aliphatic heterocycles. The molecule has 24 heavy (non-hydrogen) atoms. The fraction of sp³-hybridized carbons (Fsp3) is 0.350. The number of nitrogens with zero attached hydrogens (tertiary/aromatic N) is 1. The maximum absolute atomic E-state index is 13.9. The smallest absolute Gasteiger partial charge is 0.164 e. The maximum Gasteiger partial charge on any atom is 0.164 e. The third kappa shape index (κ3) is 4.01. The van der Waals surface area contributed by atoms with Crippen LogP contribution in [0.2, 0.25) is 0 Å².